The van der Waals surface area contributed by atoms with Gasteiger partial charge in [0.25, 0.3) is 11.5 Å². The highest BCUT2D eigenvalue weighted by atomic mass is 16.2. The van der Waals surface area contributed by atoms with Gasteiger partial charge in [0.15, 0.2) is 0 Å². The zero-order valence-electron chi connectivity index (χ0n) is 14.0. The van der Waals surface area contributed by atoms with Crippen LogP contribution in [0.25, 0.3) is 0 Å². The van der Waals surface area contributed by atoms with Crippen LogP contribution >= 0.6 is 0 Å². The van der Waals surface area contributed by atoms with Gasteiger partial charge >= 0.3 is 0 Å². The van der Waals surface area contributed by atoms with Gasteiger partial charge in [0, 0.05) is 43.8 Å². The molecule has 1 unspecified atom stereocenters. The smallest absolute Gasteiger partial charge is 0.271 e. The normalized spacial score (nSPS) is 18.0. The molecule has 2 aromatic heterocycles. The molecule has 1 amide bonds. The Labute approximate surface area is 145 Å². The Kier molecular flexibility index (Phi) is 5.84. The van der Waals surface area contributed by atoms with Gasteiger partial charge in [-0.2, -0.15) is 5.10 Å². The number of carbonyl (C=O) groups excluding carboxylic acids is 1. The first-order valence-electron chi connectivity index (χ1n) is 8.54. The van der Waals surface area contributed by atoms with Gasteiger partial charge in [-0.15, -0.1) is 0 Å². The molecule has 0 radical (unpaired) electrons. The highest BCUT2D eigenvalue weighted by molar-refractivity contribution is 5.91. The fraction of sp³-hybridized carbons (Fsp3) is 0.471. The van der Waals surface area contributed by atoms with Crippen LogP contribution in [-0.4, -0.2) is 56.2 Å². The average molecular weight is 342 g/mol. The lowest BCUT2D eigenvalue weighted by atomic mass is 10.0. The minimum Gasteiger partial charge on any atom is -0.349 e. The van der Waals surface area contributed by atoms with Crippen molar-refractivity contribution in [1.29, 1.82) is 0 Å². The molecular formula is C17H22N6O2. The predicted octanol–water partition coefficient (Wildman–Crippen LogP) is 0.318. The van der Waals surface area contributed by atoms with Crippen LogP contribution in [0.4, 0.5) is 0 Å². The molecule has 1 fully saturated rings. The number of hydrogen-bond donors (Lipinski definition) is 1. The molecule has 1 atom stereocenters. The first-order chi connectivity index (χ1) is 12.2. The summed E-state index contributed by atoms with van der Waals surface area (Å²) in [6.45, 7) is 2.82. The minimum absolute atomic E-state index is 0.0907. The van der Waals surface area contributed by atoms with Crippen LogP contribution in [0.2, 0.25) is 0 Å². The number of aromatic nitrogens is 4. The fourth-order valence-corrected chi connectivity index (χ4v) is 3.08. The number of piperidine rings is 1. The summed E-state index contributed by atoms with van der Waals surface area (Å²) in [6.07, 6.45) is 9.43. The van der Waals surface area contributed by atoms with Crippen molar-refractivity contribution in [3.05, 3.63) is 53.0 Å². The van der Waals surface area contributed by atoms with Gasteiger partial charge in [-0.1, -0.05) is 6.42 Å². The molecule has 8 nitrogen and oxygen atoms in total. The molecule has 1 aliphatic rings. The highest BCUT2D eigenvalue weighted by Gasteiger charge is 2.23. The van der Waals surface area contributed by atoms with Crippen LogP contribution in [0.1, 0.15) is 29.8 Å². The molecule has 0 aromatic carbocycles. The first kappa shape index (κ1) is 17.2. The van der Waals surface area contributed by atoms with Crippen LogP contribution in [0.3, 0.4) is 0 Å². The maximum atomic E-state index is 12.1. The largest absolute Gasteiger partial charge is 0.349 e. The van der Waals surface area contributed by atoms with E-state index < -0.39 is 0 Å². The van der Waals surface area contributed by atoms with Crippen molar-refractivity contribution in [2.75, 3.05) is 19.6 Å². The molecule has 0 saturated carbocycles. The van der Waals surface area contributed by atoms with Gasteiger partial charge in [0.05, 0.1) is 12.7 Å². The van der Waals surface area contributed by atoms with Gasteiger partial charge in [-0.3, -0.25) is 19.5 Å². The summed E-state index contributed by atoms with van der Waals surface area (Å²) >= 11 is 0. The zero-order valence-corrected chi connectivity index (χ0v) is 14.0. The van der Waals surface area contributed by atoms with Crippen LogP contribution in [0, 0.1) is 0 Å². The highest BCUT2D eigenvalue weighted by Crippen LogP contribution is 2.16. The lowest BCUT2D eigenvalue weighted by Gasteiger charge is -2.35. The van der Waals surface area contributed by atoms with Crippen molar-refractivity contribution in [3.63, 3.8) is 0 Å². The Morgan fingerprint density at radius 3 is 2.96 bits per heavy atom. The molecule has 1 aliphatic heterocycles. The van der Waals surface area contributed by atoms with E-state index in [-0.39, 0.29) is 17.5 Å². The van der Waals surface area contributed by atoms with Crippen molar-refractivity contribution in [3.8, 4) is 0 Å². The van der Waals surface area contributed by atoms with Gasteiger partial charge in [-0.05, 0) is 25.5 Å². The minimum atomic E-state index is -0.209. The number of nitrogens with zero attached hydrogens (tertiary/aromatic N) is 5. The van der Waals surface area contributed by atoms with E-state index in [0.29, 0.717) is 18.8 Å². The number of hydrogen-bond acceptors (Lipinski definition) is 6. The van der Waals surface area contributed by atoms with Crippen molar-refractivity contribution in [2.45, 2.75) is 31.8 Å². The Morgan fingerprint density at radius 1 is 1.24 bits per heavy atom. The fourth-order valence-electron chi connectivity index (χ4n) is 3.08. The second kappa shape index (κ2) is 8.48. The first-order valence-corrected chi connectivity index (χ1v) is 8.54. The molecule has 8 heteroatoms. The third-order valence-corrected chi connectivity index (χ3v) is 4.43. The van der Waals surface area contributed by atoms with Gasteiger partial charge in [0.2, 0.25) is 0 Å². The van der Waals surface area contributed by atoms with Crippen molar-refractivity contribution < 1.29 is 4.79 Å². The number of likely N-dealkylation sites (tertiary alicyclic amines) is 1. The van der Waals surface area contributed by atoms with E-state index in [9.17, 15) is 9.59 Å². The Bertz CT molecular complexity index is 748. The Balaban J connectivity index is 1.55. The monoisotopic (exact) mass is 342 g/mol. The van der Waals surface area contributed by atoms with Crippen molar-refractivity contribution >= 4 is 5.91 Å². The molecule has 2 aromatic rings. The number of carbonyl (C=O) groups is 1. The summed E-state index contributed by atoms with van der Waals surface area (Å²) in [6, 6.07) is 3.42. The second-order valence-corrected chi connectivity index (χ2v) is 6.07. The molecule has 3 heterocycles. The Hall–Kier alpha value is -2.61. The maximum absolute atomic E-state index is 12.1. The van der Waals surface area contributed by atoms with Crippen LogP contribution < -0.4 is 10.9 Å². The number of rotatable bonds is 6. The zero-order chi connectivity index (χ0) is 17.5. The summed E-state index contributed by atoms with van der Waals surface area (Å²) in [5.41, 5.74) is 0.233. The standard InChI is InChI=1S/C17H22N6O2/c24-16-5-3-6-21-23(16)11-10-22-9-2-1-4-14(22)12-20-17(25)15-13-18-7-8-19-15/h3,5-8,13-14H,1-2,4,9-12H2,(H,20,25). The van der Waals surface area contributed by atoms with E-state index in [1.54, 1.807) is 18.5 Å². The van der Waals surface area contributed by atoms with Crippen molar-refractivity contribution in [2.24, 2.45) is 0 Å². The topological polar surface area (TPSA) is 93.0 Å². The summed E-state index contributed by atoms with van der Waals surface area (Å²) in [7, 11) is 0. The average Bonchev–Trinajstić information content (AvgIpc) is 2.67. The SMILES string of the molecule is O=C(NCC1CCCCN1CCn1ncccc1=O)c1cnccn1. The Morgan fingerprint density at radius 2 is 2.16 bits per heavy atom. The quantitative estimate of drug-likeness (QED) is 0.813. The molecule has 3 rings (SSSR count). The lowest BCUT2D eigenvalue weighted by molar-refractivity contribution is 0.0904. The molecule has 132 valence electrons. The van der Waals surface area contributed by atoms with Gasteiger partial charge in [-0.25, -0.2) is 9.67 Å². The van der Waals surface area contributed by atoms with E-state index in [0.717, 1.165) is 32.4 Å². The lowest BCUT2D eigenvalue weighted by Crippen LogP contribution is -2.48. The van der Waals surface area contributed by atoms with Crippen LogP contribution in [0.5, 0.6) is 0 Å². The van der Waals surface area contributed by atoms with E-state index >= 15 is 0 Å². The maximum Gasteiger partial charge on any atom is 0.271 e. The van der Waals surface area contributed by atoms with Crippen LogP contribution in [0.15, 0.2) is 41.7 Å². The predicted molar refractivity (Wildman–Crippen MR) is 92.1 cm³/mol. The van der Waals surface area contributed by atoms with Gasteiger partial charge in [0.1, 0.15) is 5.69 Å². The number of nitrogens with one attached hydrogen (secondary N) is 1. The van der Waals surface area contributed by atoms with E-state index in [1.807, 2.05) is 0 Å². The molecule has 0 bridgehead atoms. The van der Waals surface area contributed by atoms with Crippen LogP contribution in [-0.2, 0) is 6.54 Å². The molecule has 0 spiro atoms. The second-order valence-electron chi connectivity index (χ2n) is 6.07. The third kappa shape index (κ3) is 4.69. The molecule has 1 N–H and O–H groups in total. The molecular weight excluding hydrogens is 320 g/mol. The summed E-state index contributed by atoms with van der Waals surface area (Å²) in [5.74, 6) is -0.209. The van der Waals surface area contributed by atoms with Crippen molar-refractivity contribution in [1.82, 2.24) is 30.0 Å². The number of amides is 1. The summed E-state index contributed by atoms with van der Waals surface area (Å²) in [5, 5.41) is 7.04. The van der Waals surface area contributed by atoms with E-state index in [1.165, 1.54) is 23.1 Å². The summed E-state index contributed by atoms with van der Waals surface area (Å²) in [4.78, 5) is 34.1. The summed E-state index contributed by atoms with van der Waals surface area (Å²) < 4.78 is 1.48. The van der Waals surface area contributed by atoms with Gasteiger partial charge < -0.3 is 5.32 Å². The van der Waals surface area contributed by atoms with E-state index in [2.05, 4.69) is 25.3 Å². The molecule has 25 heavy (non-hydrogen) atoms. The molecule has 0 aliphatic carbocycles. The molecule has 1 saturated heterocycles. The van der Waals surface area contributed by atoms with E-state index in [4.69, 9.17) is 0 Å². The third-order valence-electron chi connectivity index (χ3n) is 4.43.